The van der Waals surface area contributed by atoms with Crippen LogP contribution in [0.5, 0.6) is 17.2 Å². The Hall–Kier alpha value is -3.87. The number of methoxy groups -OCH3 is 1. The first-order chi connectivity index (χ1) is 15.8. The number of aliphatic carboxylic acids is 2. The molecule has 0 bridgehead atoms. The van der Waals surface area contributed by atoms with Crippen LogP contribution in [-0.4, -0.2) is 84.7 Å². The lowest BCUT2D eigenvalue weighted by molar-refractivity contribution is -0.159. The number of aliphatic hydroxyl groups is 1. The molecule has 12 nitrogen and oxygen atoms in total. The molecule has 0 radical (unpaired) electrons. The van der Waals surface area contributed by atoms with Gasteiger partial charge >= 0.3 is 11.9 Å². The molecule has 188 valence electrons. The highest BCUT2D eigenvalue weighted by atomic mass is 16.5. The monoisotopic (exact) mass is 482 g/mol. The van der Waals surface area contributed by atoms with Gasteiger partial charge in [0, 0.05) is 19.6 Å². The van der Waals surface area contributed by atoms with Gasteiger partial charge in [-0.1, -0.05) is 30.3 Å². The molecular formula is C22H30N2O10. The summed E-state index contributed by atoms with van der Waals surface area (Å²) < 4.78 is 16.1. The molecule has 7 N–H and O–H groups in total. The number of aliphatic hydroxyl groups excluding tert-OH is 1. The molecule has 1 atom stereocenters. The van der Waals surface area contributed by atoms with E-state index in [0.29, 0.717) is 31.1 Å². The van der Waals surface area contributed by atoms with Gasteiger partial charge in [0.2, 0.25) is 0 Å². The van der Waals surface area contributed by atoms with Crippen LogP contribution in [0.2, 0.25) is 0 Å². The summed E-state index contributed by atoms with van der Waals surface area (Å²) in [4.78, 5) is 30.0. The average Bonchev–Trinajstić information content (AvgIpc) is 2.82. The van der Waals surface area contributed by atoms with E-state index in [4.69, 9.17) is 34.0 Å². The van der Waals surface area contributed by atoms with Gasteiger partial charge in [-0.2, -0.15) is 0 Å². The van der Waals surface area contributed by atoms with Crippen molar-refractivity contribution < 1.29 is 49.4 Å². The molecule has 2 rings (SSSR count). The largest absolute Gasteiger partial charge is 0.493 e. The quantitative estimate of drug-likeness (QED) is 0.195. The molecule has 0 aliphatic heterocycles. The predicted molar refractivity (Wildman–Crippen MR) is 121 cm³/mol. The number of hydrogen-bond donors (Lipinski definition) is 5. The number of ether oxygens (including phenoxy) is 3. The van der Waals surface area contributed by atoms with Crippen LogP contribution in [0, 0.1) is 0 Å². The van der Waals surface area contributed by atoms with E-state index >= 15 is 0 Å². The second kappa shape index (κ2) is 17.7. The smallest absolute Gasteiger partial charge is 0.414 e. The first-order valence-electron chi connectivity index (χ1n) is 9.88. The van der Waals surface area contributed by atoms with Gasteiger partial charge in [-0.05, 0) is 24.3 Å². The second-order valence-corrected chi connectivity index (χ2v) is 6.38. The van der Waals surface area contributed by atoms with Gasteiger partial charge in [0.25, 0.3) is 5.91 Å². The number of carbonyl (C=O) groups excluding carboxylic acids is 1. The minimum atomic E-state index is -1.82. The summed E-state index contributed by atoms with van der Waals surface area (Å²) in [6.07, 6.45) is -0.630. The van der Waals surface area contributed by atoms with Crippen molar-refractivity contribution >= 4 is 17.8 Å². The number of amides is 1. The topological polar surface area (TPSA) is 195 Å². The lowest BCUT2D eigenvalue weighted by atomic mass is 10.3. The number of nitrogens with one attached hydrogen (secondary N) is 2. The molecule has 12 heteroatoms. The lowest BCUT2D eigenvalue weighted by Gasteiger charge is -2.14. The van der Waals surface area contributed by atoms with Gasteiger partial charge in [-0.15, -0.1) is 0 Å². The molecule has 2 aromatic carbocycles. The van der Waals surface area contributed by atoms with Crippen LogP contribution in [0.3, 0.4) is 0 Å². The Kier molecular flexibility index (Phi) is 15.6. The summed E-state index contributed by atoms with van der Waals surface area (Å²) in [5.41, 5.74) is 0. The Morgan fingerprint density at radius 3 is 2.06 bits per heavy atom. The van der Waals surface area contributed by atoms with Crippen molar-refractivity contribution in [2.24, 2.45) is 0 Å². The lowest BCUT2D eigenvalue weighted by Crippen LogP contribution is -2.38. The number of para-hydroxylation sites is 3. The van der Waals surface area contributed by atoms with Crippen molar-refractivity contribution in [3.05, 3.63) is 54.6 Å². The van der Waals surface area contributed by atoms with Gasteiger partial charge in [-0.3, -0.25) is 4.79 Å². The third-order valence-electron chi connectivity index (χ3n) is 3.80. The molecule has 0 fully saturated rings. The number of hydrogen-bond acceptors (Lipinski definition) is 8. The van der Waals surface area contributed by atoms with E-state index in [1.54, 1.807) is 19.2 Å². The Balaban J connectivity index is 0.00000138. The molecule has 0 saturated heterocycles. The van der Waals surface area contributed by atoms with Crippen LogP contribution in [0.15, 0.2) is 54.6 Å². The van der Waals surface area contributed by atoms with Gasteiger partial charge in [0.15, 0.2) is 18.1 Å². The molecule has 1 unspecified atom stereocenters. The SMILES string of the molecule is COc1ccccc1OCC(=O)NCCNCC(O)COc1ccccc1.O.O=C(O)C(=O)O. The van der Waals surface area contributed by atoms with E-state index in [2.05, 4.69) is 10.6 Å². The molecule has 0 saturated carbocycles. The van der Waals surface area contributed by atoms with Gasteiger partial charge < -0.3 is 45.6 Å². The number of carboxylic acids is 2. The van der Waals surface area contributed by atoms with E-state index < -0.39 is 18.0 Å². The summed E-state index contributed by atoms with van der Waals surface area (Å²) in [6, 6.07) is 16.5. The van der Waals surface area contributed by atoms with Crippen molar-refractivity contribution in [2.45, 2.75) is 6.10 Å². The summed E-state index contributed by atoms with van der Waals surface area (Å²) >= 11 is 0. The number of rotatable bonds is 12. The van der Waals surface area contributed by atoms with E-state index in [9.17, 15) is 9.90 Å². The van der Waals surface area contributed by atoms with E-state index in [-0.39, 0.29) is 24.6 Å². The van der Waals surface area contributed by atoms with Crippen LogP contribution >= 0.6 is 0 Å². The Morgan fingerprint density at radius 2 is 1.47 bits per heavy atom. The third kappa shape index (κ3) is 13.5. The number of carbonyl (C=O) groups is 3. The molecular weight excluding hydrogens is 452 g/mol. The van der Waals surface area contributed by atoms with E-state index in [1.165, 1.54) is 0 Å². The Labute approximate surface area is 196 Å². The molecule has 1 amide bonds. The molecule has 34 heavy (non-hydrogen) atoms. The molecule has 0 aliphatic carbocycles. The molecule has 0 aliphatic rings. The fourth-order valence-electron chi connectivity index (χ4n) is 2.26. The summed E-state index contributed by atoms with van der Waals surface area (Å²) in [5.74, 6) is -2.05. The van der Waals surface area contributed by atoms with Crippen molar-refractivity contribution in [1.29, 1.82) is 0 Å². The number of benzene rings is 2. The van der Waals surface area contributed by atoms with Crippen LogP contribution in [0.1, 0.15) is 0 Å². The average molecular weight is 482 g/mol. The zero-order valence-corrected chi connectivity index (χ0v) is 18.6. The maximum absolute atomic E-state index is 11.8. The van der Waals surface area contributed by atoms with Crippen molar-refractivity contribution in [3.63, 3.8) is 0 Å². The highest BCUT2D eigenvalue weighted by Crippen LogP contribution is 2.25. The van der Waals surface area contributed by atoms with Gasteiger partial charge in [0.1, 0.15) is 18.5 Å². The summed E-state index contributed by atoms with van der Waals surface area (Å²) in [7, 11) is 1.55. The molecule has 0 heterocycles. The van der Waals surface area contributed by atoms with E-state index in [1.807, 2.05) is 42.5 Å². The zero-order valence-electron chi connectivity index (χ0n) is 18.6. The standard InChI is InChI=1S/C20H26N2O5.C2H2O4.H2O/c1-25-18-9-5-6-10-19(18)27-15-20(24)22-12-11-21-13-16(23)14-26-17-7-3-2-4-8-17;3-1(4)2(5)6;/h2-10,16,21,23H,11-15H2,1H3,(H,22,24);(H,3,4)(H,5,6);1H2. The van der Waals surface area contributed by atoms with Gasteiger partial charge in [-0.25, -0.2) is 9.59 Å². The second-order valence-electron chi connectivity index (χ2n) is 6.38. The minimum absolute atomic E-state index is 0. The van der Waals surface area contributed by atoms with E-state index in [0.717, 1.165) is 5.75 Å². The highest BCUT2D eigenvalue weighted by molar-refractivity contribution is 6.27. The normalized spacial score (nSPS) is 10.4. The number of carboxylic acid groups (broad SMARTS) is 2. The maximum atomic E-state index is 11.8. The minimum Gasteiger partial charge on any atom is -0.493 e. The maximum Gasteiger partial charge on any atom is 0.414 e. The van der Waals surface area contributed by atoms with Crippen molar-refractivity contribution in [2.75, 3.05) is 40.0 Å². The molecule has 2 aromatic rings. The fraction of sp³-hybridized carbons (Fsp3) is 0.318. The van der Waals surface area contributed by atoms with Crippen LogP contribution in [0.25, 0.3) is 0 Å². The van der Waals surface area contributed by atoms with Crippen LogP contribution in [0.4, 0.5) is 0 Å². The third-order valence-corrected chi connectivity index (χ3v) is 3.80. The first-order valence-corrected chi connectivity index (χ1v) is 9.88. The van der Waals surface area contributed by atoms with Crippen LogP contribution in [-0.2, 0) is 14.4 Å². The predicted octanol–water partition coefficient (Wildman–Crippen LogP) is -0.449. The first kappa shape index (κ1) is 30.1. The van der Waals surface area contributed by atoms with Crippen molar-refractivity contribution in [1.82, 2.24) is 10.6 Å². The Morgan fingerprint density at radius 1 is 0.882 bits per heavy atom. The van der Waals surface area contributed by atoms with Crippen LogP contribution < -0.4 is 24.8 Å². The van der Waals surface area contributed by atoms with Gasteiger partial charge in [0.05, 0.1) is 7.11 Å². The zero-order chi connectivity index (χ0) is 24.5. The summed E-state index contributed by atoms with van der Waals surface area (Å²) in [6.45, 7) is 1.45. The summed E-state index contributed by atoms with van der Waals surface area (Å²) in [5, 5.41) is 30.5. The molecule has 0 aromatic heterocycles. The highest BCUT2D eigenvalue weighted by Gasteiger charge is 2.07. The fourth-order valence-corrected chi connectivity index (χ4v) is 2.26. The Bertz CT molecular complexity index is 852. The van der Waals surface area contributed by atoms with Crippen molar-refractivity contribution in [3.8, 4) is 17.2 Å². The molecule has 0 spiro atoms.